The molecule has 0 spiro atoms. The third-order valence-electron chi connectivity index (χ3n) is 9.23. The number of ether oxygens (including phenoxy) is 4. The van der Waals surface area contributed by atoms with Gasteiger partial charge in [-0.25, -0.2) is 9.18 Å². The van der Waals surface area contributed by atoms with E-state index in [0.717, 1.165) is 45.9 Å². The molecule has 13 heteroatoms. The van der Waals surface area contributed by atoms with Gasteiger partial charge < -0.3 is 39.4 Å². The number of alkyl carbamates (subject to hydrolysis) is 1. The molecule has 2 aromatic heterocycles. The Balaban J connectivity index is 0.00000197. The molecule has 1 aliphatic carbocycles. The van der Waals surface area contributed by atoms with Crippen LogP contribution >= 0.6 is 0 Å². The summed E-state index contributed by atoms with van der Waals surface area (Å²) in [6, 6.07) is 10.9. The zero-order valence-electron chi connectivity index (χ0n) is 32.8. The van der Waals surface area contributed by atoms with Crippen LogP contribution in [0.2, 0.25) is 0 Å². The fourth-order valence-electron chi connectivity index (χ4n) is 6.60. The van der Waals surface area contributed by atoms with E-state index in [9.17, 15) is 4.79 Å². The summed E-state index contributed by atoms with van der Waals surface area (Å²) >= 11 is 0. The van der Waals surface area contributed by atoms with Crippen molar-refractivity contribution in [3.63, 3.8) is 0 Å². The van der Waals surface area contributed by atoms with Gasteiger partial charge in [0, 0.05) is 57.1 Å². The molecule has 2 aliphatic rings. The molecular weight excluding hydrogens is 806 g/mol. The number of benzene rings is 3. The van der Waals surface area contributed by atoms with Crippen molar-refractivity contribution in [2.75, 3.05) is 38.3 Å². The zero-order valence-corrected chi connectivity index (χ0v) is 34.4. The summed E-state index contributed by atoms with van der Waals surface area (Å²) in [5.74, 6) is 3.55. The molecule has 1 N–H and O–H groups in total. The zero-order chi connectivity index (χ0) is 39.3. The minimum absolute atomic E-state index is 0. The van der Waals surface area contributed by atoms with Gasteiger partial charge in [0.2, 0.25) is 0 Å². The van der Waals surface area contributed by atoms with E-state index in [1.54, 1.807) is 20.2 Å². The number of hydrogen-bond acceptors (Lipinski definition) is 9. The average molecular weight is 854 g/mol. The third-order valence-corrected chi connectivity index (χ3v) is 9.23. The SMILES string of the molecule is C#Cc1ccc(COc2c(-c3c(C)c(F)cc4n[n-]cc34)c(C3CC3)cc3c(N4CC=CC(NC(=O)OC(C)(C)C)C4)nc(OCCOC)nc23)cc1.CC.[Pd]. The van der Waals surface area contributed by atoms with Gasteiger partial charge in [-0.1, -0.05) is 44.1 Å². The predicted molar refractivity (Wildman–Crippen MR) is 212 cm³/mol. The van der Waals surface area contributed by atoms with E-state index in [-0.39, 0.29) is 57.4 Å². The molecule has 0 bridgehead atoms. The van der Waals surface area contributed by atoms with E-state index in [4.69, 9.17) is 35.3 Å². The van der Waals surface area contributed by atoms with Crippen LogP contribution in [-0.4, -0.2) is 66.2 Å². The maximum atomic E-state index is 15.7. The molecule has 3 heterocycles. The number of carbonyl (C=O) groups excluding carboxylic acids is 1. The Morgan fingerprint density at radius 3 is 2.50 bits per heavy atom. The van der Waals surface area contributed by atoms with E-state index in [2.05, 4.69) is 32.4 Å². The van der Waals surface area contributed by atoms with Crippen LogP contribution in [0.5, 0.6) is 11.8 Å². The Morgan fingerprint density at radius 1 is 1.07 bits per heavy atom. The summed E-state index contributed by atoms with van der Waals surface area (Å²) in [4.78, 5) is 24.8. The summed E-state index contributed by atoms with van der Waals surface area (Å²) in [7, 11) is 1.59. The van der Waals surface area contributed by atoms with Gasteiger partial charge in [0.15, 0.2) is 5.75 Å². The standard InChI is InChI=1S/C41H43FN6O5.C2H6.Pd/c1-7-25-10-12-26(13-11-25)23-52-37-35(34-24(2)32(42)20-33-31(34)21-43-47-33)29(27-14-15-27)19-30-36(37)45-39(51-18-17-50-6)46-38(30)48-16-8-9-28(22-48)44-40(49)53-41(3,4)5;1-2;/h1,8-13,19-21,27-28H,14-18,22-23H2,2-6H3,(H2,43,44,45,46,47,49);1-2H3;/p-1. The van der Waals surface area contributed by atoms with E-state index in [1.165, 1.54) is 6.07 Å². The van der Waals surface area contributed by atoms with Crippen molar-refractivity contribution in [3.05, 3.63) is 82.8 Å². The normalized spacial score (nSPS) is 15.1. The molecule has 1 unspecified atom stereocenters. The molecule has 0 radical (unpaired) electrons. The molecule has 3 aromatic carbocycles. The summed E-state index contributed by atoms with van der Waals surface area (Å²) in [6.07, 6.45) is 12.6. The Hall–Kier alpha value is -5.01. The fourth-order valence-corrected chi connectivity index (χ4v) is 6.60. The number of amides is 1. The average Bonchev–Trinajstić information content (AvgIpc) is 3.92. The second-order valence-electron chi connectivity index (χ2n) is 14.4. The van der Waals surface area contributed by atoms with Crippen LogP contribution < -0.4 is 24.8 Å². The number of hydrogen-bond donors (Lipinski definition) is 1. The molecule has 1 saturated carbocycles. The number of carbonyl (C=O) groups is 1. The van der Waals surface area contributed by atoms with Gasteiger partial charge in [0.25, 0.3) is 0 Å². The second-order valence-corrected chi connectivity index (χ2v) is 14.4. The Morgan fingerprint density at radius 2 is 1.82 bits per heavy atom. The summed E-state index contributed by atoms with van der Waals surface area (Å²) in [6.45, 7) is 12.9. The fraction of sp³-hybridized carbons (Fsp3) is 0.395. The molecular formula is C43H48FN6O5Pd-. The number of fused-ring (bicyclic) bond motifs is 2. The van der Waals surface area contributed by atoms with Crippen LogP contribution in [0.25, 0.3) is 32.9 Å². The van der Waals surface area contributed by atoms with Gasteiger partial charge in [-0.3, -0.25) is 0 Å². The van der Waals surface area contributed by atoms with Gasteiger partial charge in [-0.15, -0.1) is 6.42 Å². The van der Waals surface area contributed by atoms with Crippen molar-refractivity contribution >= 4 is 33.7 Å². The molecule has 56 heavy (non-hydrogen) atoms. The molecule has 1 fully saturated rings. The summed E-state index contributed by atoms with van der Waals surface area (Å²) < 4.78 is 39.4. The van der Waals surface area contributed by atoms with Crippen LogP contribution in [0.1, 0.15) is 75.6 Å². The number of nitrogens with zero attached hydrogens (tertiary/aromatic N) is 5. The number of nitrogens with one attached hydrogen (secondary N) is 1. The van der Waals surface area contributed by atoms with E-state index < -0.39 is 11.7 Å². The minimum Gasteiger partial charge on any atom is -0.581 e. The first-order chi connectivity index (χ1) is 26.5. The molecule has 0 saturated heterocycles. The largest absolute Gasteiger partial charge is 0.581 e. The van der Waals surface area contributed by atoms with Crippen molar-refractivity contribution in [3.8, 4) is 35.2 Å². The Bertz CT molecular complexity index is 2240. The van der Waals surface area contributed by atoms with Gasteiger partial charge >= 0.3 is 12.1 Å². The van der Waals surface area contributed by atoms with Crippen LogP contribution in [0.15, 0.2) is 54.7 Å². The van der Waals surface area contributed by atoms with Crippen LogP contribution in [0, 0.1) is 25.1 Å². The smallest absolute Gasteiger partial charge is 0.408 e. The van der Waals surface area contributed by atoms with Crippen molar-refractivity contribution in [1.29, 1.82) is 0 Å². The number of anilines is 1. The van der Waals surface area contributed by atoms with E-state index >= 15 is 4.39 Å². The minimum atomic E-state index is -0.643. The second kappa shape index (κ2) is 18.3. The molecule has 11 nitrogen and oxygen atoms in total. The van der Waals surface area contributed by atoms with Crippen LogP contribution in [0.4, 0.5) is 15.0 Å². The predicted octanol–water partition coefficient (Wildman–Crippen LogP) is 8.01. The van der Waals surface area contributed by atoms with Crippen molar-refractivity contribution in [1.82, 2.24) is 25.5 Å². The summed E-state index contributed by atoms with van der Waals surface area (Å²) in [5.41, 5.74) is 4.82. The molecule has 1 amide bonds. The van der Waals surface area contributed by atoms with E-state index in [1.807, 2.05) is 71.0 Å². The van der Waals surface area contributed by atoms with Crippen LogP contribution in [0.3, 0.4) is 0 Å². The summed E-state index contributed by atoms with van der Waals surface area (Å²) in [5, 5.41) is 12.8. The van der Waals surface area contributed by atoms with E-state index in [0.29, 0.717) is 53.4 Å². The molecule has 5 aromatic rings. The maximum Gasteiger partial charge on any atom is 0.408 e. The van der Waals surface area contributed by atoms with Gasteiger partial charge in [0.05, 0.1) is 18.2 Å². The first-order valence-corrected chi connectivity index (χ1v) is 18.7. The van der Waals surface area contributed by atoms with Crippen molar-refractivity contribution in [2.24, 2.45) is 0 Å². The van der Waals surface area contributed by atoms with Crippen molar-refractivity contribution < 1.29 is 48.6 Å². The molecule has 298 valence electrons. The van der Waals surface area contributed by atoms with Crippen LogP contribution in [-0.2, 0) is 36.5 Å². The first kappa shape index (κ1) is 42.1. The molecule has 7 rings (SSSR count). The molecule has 1 atom stereocenters. The monoisotopic (exact) mass is 853 g/mol. The van der Waals surface area contributed by atoms with Gasteiger partial charge in [-0.05, 0) is 98.4 Å². The quantitative estimate of drug-likeness (QED) is 0.0606. The van der Waals surface area contributed by atoms with Crippen molar-refractivity contribution in [2.45, 2.75) is 78.6 Å². The third kappa shape index (κ3) is 9.50. The van der Waals surface area contributed by atoms with Gasteiger partial charge in [0.1, 0.15) is 36.0 Å². The number of aromatic nitrogens is 4. The first-order valence-electron chi connectivity index (χ1n) is 18.7. The Kier molecular flexibility index (Phi) is 13.8. The molecule has 1 aliphatic heterocycles. The topological polar surface area (TPSA) is 122 Å². The number of terminal acetylenes is 1. The number of methoxy groups -OCH3 is 1. The number of halogens is 1. The van der Waals surface area contributed by atoms with Gasteiger partial charge in [-0.2, -0.15) is 16.2 Å². The number of rotatable bonds is 11. The maximum absolute atomic E-state index is 15.7. The Labute approximate surface area is 341 Å².